The van der Waals surface area contributed by atoms with Gasteiger partial charge in [0.2, 0.25) is 10.0 Å². The first-order chi connectivity index (χ1) is 8.63. The molecule has 1 aromatic heterocycles. The molecule has 0 unspecified atom stereocenters. The fourth-order valence-corrected chi connectivity index (χ4v) is 3.11. The normalized spacial score (nSPS) is 15.6. The van der Waals surface area contributed by atoms with Crippen LogP contribution in [0, 0.1) is 5.92 Å². The second-order valence-corrected chi connectivity index (χ2v) is 6.34. The Morgan fingerprint density at radius 3 is 2.89 bits per heavy atom. The minimum Gasteiger partial charge on any atom is -0.387 e. The van der Waals surface area contributed by atoms with Gasteiger partial charge in [-0.15, -0.1) is 0 Å². The molecular formula is C12H19N3O2S. The molecule has 2 rings (SSSR count). The Labute approximate surface area is 108 Å². The van der Waals surface area contributed by atoms with Crippen molar-refractivity contribution in [1.82, 2.24) is 9.71 Å². The quantitative estimate of drug-likeness (QED) is 0.737. The molecule has 100 valence electrons. The van der Waals surface area contributed by atoms with E-state index in [0.29, 0.717) is 12.2 Å². The highest BCUT2D eigenvalue weighted by molar-refractivity contribution is 7.89. The van der Waals surface area contributed by atoms with Crippen LogP contribution in [0.1, 0.15) is 25.7 Å². The zero-order chi connectivity index (χ0) is 13.0. The summed E-state index contributed by atoms with van der Waals surface area (Å²) in [6.45, 7) is 0.497. The number of hydrogen-bond donors (Lipinski definition) is 2. The molecule has 6 heteroatoms. The van der Waals surface area contributed by atoms with E-state index in [-0.39, 0.29) is 4.90 Å². The number of sulfonamides is 1. The molecule has 5 nitrogen and oxygen atoms in total. The predicted octanol–water partition coefficient (Wildman–Crippen LogP) is 1.59. The van der Waals surface area contributed by atoms with Crippen molar-refractivity contribution >= 4 is 15.7 Å². The molecule has 2 N–H and O–H groups in total. The van der Waals surface area contributed by atoms with Crippen molar-refractivity contribution in [3.05, 3.63) is 18.5 Å². The van der Waals surface area contributed by atoms with E-state index in [0.717, 1.165) is 18.8 Å². The number of nitrogens with zero attached hydrogens (tertiary/aromatic N) is 1. The molecule has 0 bridgehead atoms. The predicted molar refractivity (Wildman–Crippen MR) is 70.9 cm³/mol. The van der Waals surface area contributed by atoms with Gasteiger partial charge in [0, 0.05) is 26.0 Å². The maximum absolute atomic E-state index is 12.1. The van der Waals surface area contributed by atoms with Crippen molar-refractivity contribution in [2.45, 2.75) is 30.6 Å². The summed E-state index contributed by atoms with van der Waals surface area (Å²) in [4.78, 5) is 4.07. The Bertz CT molecular complexity index is 498. The fourth-order valence-electron chi connectivity index (χ4n) is 1.88. The fraction of sp³-hybridized carbons (Fsp3) is 0.583. The van der Waals surface area contributed by atoms with Crippen LogP contribution in [0.3, 0.4) is 0 Å². The Morgan fingerprint density at radius 1 is 1.44 bits per heavy atom. The summed E-state index contributed by atoms with van der Waals surface area (Å²) in [5.74, 6) is 0.834. The van der Waals surface area contributed by atoms with Gasteiger partial charge in [-0.25, -0.2) is 13.1 Å². The Kier molecular flexibility index (Phi) is 4.19. The van der Waals surface area contributed by atoms with Crippen molar-refractivity contribution in [1.29, 1.82) is 0 Å². The maximum atomic E-state index is 12.1. The van der Waals surface area contributed by atoms with E-state index in [2.05, 4.69) is 15.0 Å². The lowest BCUT2D eigenvalue weighted by molar-refractivity contribution is 0.572. The highest BCUT2D eigenvalue weighted by Crippen LogP contribution is 2.33. The molecule has 0 aliphatic heterocycles. The summed E-state index contributed by atoms with van der Waals surface area (Å²) in [6.07, 6.45) is 7.57. The summed E-state index contributed by atoms with van der Waals surface area (Å²) in [5, 5.41) is 2.86. The van der Waals surface area contributed by atoms with Gasteiger partial charge in [0.25, 0.3) is 0 Å². The van der Waals surface area contributed by atoms with Crippen LogP contribution in [-0.2, 0) is 10.0 Å². The Morgan fingerprint density at radius 2 is 2.22 bits per heavy atom. The Balaban J connectivity index is 1.95. The average molecular weight is 269 g/mol. The molecule has 1 aliphatic rings. The zero-order valence-electron chi connectivity index (χ0n) is 10.5. The van der Waals surface area contributed by atoms with Crippen LogP contribution in [0.15, 0.2) is 23.4 Å². The third-order valence-corrected chi connectivity index (χ3v) is 4.61. The third-order valence-electron chi connectivity index (χ3n) is 3.12. The summed E-state index contributed by atoms with van der Waals surface area (Å²) < 4.78 is 26.8. The molecule has 1 aromatic rings. The van der Waals surface area contributed by atoms with Gasteiger partial charge < -0.3 is 5.32 Å². The minimum absolute atomic E-state index is 0.207. The lowest BCUT2D eigenvalue weighted by Gasteiger charge is -2.10. The van der Waals surface area contributed by atoms with Crippen LogP contribution in [0.2, 0.25) is 0 Å². The average Bonchev–Trinajstić information content (AvgIpc) is 3.19. The molecule has 0 amide bonds. The molecule has 0 radical (unpaired) electrons. The summed E-state index contributed by atoms with van der Waals surface area (Å²) in [7, 11) is -1.76. The van der Waals surface area contributed by atoms with Crippen molar-refractivity contribution in [2.75, 3.05) is 18.9 Å². The van der Waals surface area contributed by atoms with Crippen molar-refractivity contribution in [3.8, 4) is 0 Å². The zero-order valence-corrected chi connectivity index (χ0v) is 11.3. The van der Waals surface area contributed by atoms with Crippen molar-refractivity contribution < 1.29 is 8.42 Å². The number of pyridine rings is 1. The summed E-state index contributed by atoms with van der Waals surface area (Å²) in [6, 6.07) is 1.65. The molecule has 1 fully saturated rings. The first kappa shape index (κ1) is 13.3. The van der Waals surface area contributed by atoms with Gasteiger partial charge in [0.1, 0.15) is 4.90 Å². The highest BCUT2D eigenvalue weighted by atomic mass is 32.2. The minimum atomic E-state index is -3.46. The molecule has 0 saturated heterocycles. The monoisotopic (exact) mass is 269 g/mol. The van der Waals surface area contributed by atoms with E-state index in [1.165, 1.54) is 19.0 Å². The van der Waals surface area contributed by atoms with Gasteiger partial charge in [-0.2, -0.15) is 0 Å². The SMILES string of the molecule is CNc1ccncc1S(=O)(=O)NCCCC1CC1. The van der Waals surface area contributed by atoms with E-state index in [4.69, 9.17) is 0 Å². The summed E-state index contributed by atoms with van der Waals surface area (Å²) in [5.41, 5.74) is 0.569. The lowest BCUT2D eigenvalue weighted by atomic mass is 10.2. The highest BCUT2D eigenvalue weighted by Gasteiger charge is 2.21. The molecule has 0 atom stereocenters. The first-order valence-electron chi connectivity index (χ1n) is 6.25. The smallest absolute Gasteiger partial charge is 0.244 e. The molecule has 0 aromatic carbocycles. The molecule has 1 heterocycles. The van der Waals surface area contributed by atoms with E-state index < -0.39 is 10.0 Å². The van der Waals surface area contributed by atoms with Gasteiger partial charge in [0.05, 0.1) is 5.69 Å². The van der Waals surface area contributed by atoms with Crippen LogP contribution in [0.25, 0.3) is 0 Å². The van der Waals surface area contributed by atoms with E-state index in [1.807, 2.05) is 0 Å². The number of rotatable bonds is 7. The van der Waals surface area contributed by atoms with Crippen molar-refractivity contribution in [2.24, 2.45) is 5.92 Å². The maximum Gasteiger partial charge on any atom is 0.244 e. The second-order valence-electron chi connectivity index (χ2n) is 4.61. The molecule has 1 aliphatic carbocycles. The van der Waals surface area contributed by atoms with Gasteiger partial charge >= 0.3 is 0 Å². The van der Waals surface area contributed by atoms with Crippen molar-refractivity contribution in [3.63, 3.8) is 0 Å². The van der Waals surface area contributed by atoms with Gasteiger partial charge in [0.15, 0.2) is 0 Å². The number of aromatic nitrogens is 1. The number of anilines is 1. The molecule has 1 saturated carbocycles. The molecular weight excluding hydrogens is 250 g/mol. The number of hydrogen-bond acceptors (Lipinski definition) is 4. The van der Waals surface area contributed by atoms with Crippen LogP contribution >= 0.6 is 0 Å². The largest absolute Gasteiger partial charge is 0.387 e. The Hall–Kier alpha value is -1.14. The van der Waals surface area contributed by atoms with Crippen LogP contribution < -0.4 is 10.0 Å². The standard InChI is InChI=1S/C12H19N3O2S/c1-13-11-6-8-14-9-12(11)18(16,17)15-7-2-3-10-4-5-10/h6,8-10,15H,2-5,7H2,1H3,(H,13,14). The van der Waals surface area contributed by atoms with Gasteiger partial charge in [-0.05, 0) is 24.8 Å². The van der Waals surface area contributed by atoms with E-state index in [9.17, 15) is 8.42 Å². The van der Waals surface area contributed by atoms with Gasteiger partial charge in [-0.1, -0.05) is 12.8 Å². The van der Waals surface area contributed by atoms with Crippen LogP contribution in [0.5, 0.6) is 0 Å². The molecule has 18 heavy (non-hydrogen) atoms. The van der Waals surface area contributed by atoms with E-state index >= 15 is 0 Å². The first-order valence-corrected chi connectivity index (χ1v) is 7.73. The lowest BCUT2D eigenvalue weighted by Crippen LogP contribution is -2.25. The number of nitrogens with one attached hydrogen (secondary N) is 2. The topological polar surface area (TPSA) is 71.1 Å². The third kappa shape index (κ3) is 3.43. The van der Waals surface area contributed by atoms with Crippen LogP contribution in [-0.4, -0.2) is 27.0 Å². The molecule has 0 spiro atoms. The van der Waals surface area contributed by atoms with E-state index in [1.54, 1.807) is 19.3 Å². The van der Waals surface area contributed by atoms with Gasteiger partial charge in [-0.3, -0.25) is 4.98 Å². The summed E-state index contributed by atoms with van der Waals surface area (Å²) >= 11 is 0. The van der Waals surface area contributed by atoms with Crippen LogP contribution in [0.4, 0.5) is 5.69 Å². The second kappa shape index (κ2) is 5.67.